The number of carbonyl (C=O) groups excluding carboxylic acids is 2. The first-order valence-electron chi connectivity index (χ1n) is 9.08. The van der Waals surface area contributed by atoms with Gasteiger partial charge in [0.15, 0.2) is 28.8 Å². The molecule has 3 rings (SSSR count). The first kappa shape index (κ1) is 20.5. The molecule has 0 amide bonds. The molecule has 1 atom stereocenters. The number of benzene rings is 2. The molecule has 0 fully saturated rings. The van der Waals surface area contributed by atoms with Gasteiger partial charge in [-0.15, -0.1) is 0 Å². The molecule has 0 radical (unpaired) electrons. The van der Waals surface area contributed by atoms with E-state index in [1.165, 1.54) is 21.3 Å². The van der Waals surface area contributed by atoms with Gasteiger partial charge in [-0.05, 0) is 41.0 Å². The minimum absolute atomic E-state index is 0.0642. The molecule has 154 valence electrons. The van der Waals surface area contributed by atoms with Gasteiger partial charge < -0.3 is 23.7 Å². The molecule has 7 heteroatoms. The molecule has 2 aromatic rings. The van der Waals surface area contributed by atoms with Gasteiger partial charge in [-0.1, -0.05) is 0 Å². The Balaban J connectivity index is 2.29. The lowest BCUT2D eigenvalue weighted by atomic mass is 9.85. The summed E-state index contributed by atoms with van der Waals surface area (Å²) < 4.78 is 26.6. The van der Waals surface area contributed by atoms with E-state index >= 15 is 0 Å². The van der Waals surface area contributed by atoms with Crippen LogP contribution in [0.15, 0.2) is 24.3 Å². The zero-order chi connectivity index (χ0) is 21.1. The van der Waals surface area contributed by atoms with Gasteiger partial charge in [0, 0.05) is 17.9 Å². The fourth-order valence-electron chi connectivity index (χ4n) is 3.74. The summed E-state index contributed by atoms with van der Waals surface area (Å²) in [5.41, 5.74) is 2.76. The van der Waals surface area contributed by atoms with Gasteiger partial charge in [0.2, 0.25) is 0 Å². The van der Waals surface area contributed by atoms with Crippen LogP contribution in [0, 0.1) is 0 Å². The van der Waals surface area contributed by atoms with Crippen LogP contribution in [0.4, 0.5) is 0 Å². The first-order valence-corrected chi connectivity index (χ1v) is 9.08. The lowest BCUT2D eigenvalue weighted by Gasteiger charge is -2.22. The molecule has 0 saturated carbocycles. The Morgan fingerprint density at radius 1 is 0.828 bits per heavy atom. The van der Waals surface area contributed by atoms with E-state index in [1.807, 2.05) is 6.07 Å². The highest BCUT2D eigenvalue weighted by molar-refractivity contribution is 6.01. The van der Waals surface area contributed by atoms with Crippen molar-refractivity contribution >= 4 is 11.8 Å². The maximum absolute atomic E-state index is 13.1. The summed E-state index contributed by atoms with van der Waals surface area (Å²) in [6.07, 6.45) is 0.227. The molecule has 0 heterocycles. The van der Waals surface area contributed by atoms with Gasteiger partial charge in [-0.3, -0.25) is 9.59 Å². The van der Waals surface area contributed by atoms with E-state index in [0.717, 1.165) is 11.1 Å². The number of methoxy groups -OCH3 is 5. The molecule has 0 aromatic heterocycles. The number of Topliss-reactive ketones (excluding diaryl/α,β-unsaturated/α-hetero) is 1. The smallest absolute Gasteiger partial charge is 0.306 e. The number of esters is 1. The standard InChI is InChI=1S/C22H24O7/c1-25-18-7-12-6-17(23)16-10-21(28-4)20(27-3)9-14(16)15(11-22(24)29-5)13(12)8-19(18)26-2/h7-10,15H,6,11H2,1-5H3/t15-/m1/s1. The van der Waals surface area contributed by atoms with E-state index < -0.39 is 5.92 Å². The van der Waals surface area contributed by atoms with Crippen molar-refractivity contribution in [2.75, 3.05) is 35.5 Å². The average molecular weight is 400 g/mol. The Kier molecular flexibility index (Phi) is 5.96. The number of hydrogen-bond acceptors (Lipinski definition) is 7. The lowest BCUT2D eigenvalue weighted by molar-refractivity contribution is -0.140. The van der Waals surface area contributed by atoms with Gasteiger partial charge in [-0.2, -0.15) is 0 Å². The number of ketones is 1. The normalized spacial score (nSPS) is 14.9. The molecule has 0 aliphatic heterocycles. The average Bonchev–Trinajstić information content (AvgIpc) is 2.85. The molecule has 0 unspecified atom stereocenters. The highest BCUT2D eigenvalue weighted by atomic mass is 16.5. The maximum Gasteiger partial charge on any atom is 0.306 e. The Labute approximate surface area is 169 Å². The van der Waals surface area contributed by atoms with Gasteiger partial charge in [0.1, 0.15) is 0 Å². The molecular weight excluding hydrogens is 376 g/mol. The third-order valence-electron chi connectivity index (χ3n) is 5.20. The SMILES string of the molecule is COC(=O)C[C@@H]1c2cc(OC)c(OC)cc2CC(=O)c2cc(OC)c(OC)cc21. The second kappa shape index (κ2) is 8.43. The first-order chi connectivity index (χ1) is 14.0. The summed E-state index contributed by atoms with van der Waals surface area (Å²) in [7, 11) is 7.47. The van der Waals surface area contributed by atoms with Crippen LogP contribution >= 0.6 is 0 Å². The Morgan fingerprint density at radius 2 is 1.34 bits per heavy atom. The molecular formula is C22H24O7. The number of hydrogen-bond donors (Lipinski definition) is 0. The molecule has 0 spiro atoms. The Bertz CT molecular complexity index is 949. The lowest BCUT2D eigenvalue weighted by Crippen LogP contribution is -2.13. The highest BCUT2D eigenvalue weighted by Gasteiger charge is 2.32. The van der Waals surface area contributed by atoms with Crippen molar-refractivity contribution in [3.8, 4) is 23.0 Å². The molecule has 1 aliphatic rings. The van der Waals surface area contributed by atoms with Crippen LogP contribution in [0.5, 0.6) is 23.0 Å². The van der Waals surface area contributed by atoms with Crippen molar-refractivity contribution in [2.24, 2.45) is 0 Å². The third kappa shape index (κ3) is 3.72. The second-order valence-electron chi connectivity index (χ2n) is 6.63. The largest absolute Gasteiger partial charge is 0.493 e. The van der Waals surface area contributed by atoms with Crippen molar-refractivity contribution in [1.29, 1.82) is 0 Å². The molecule has 2 aromatic carbocycles. The molecule has 0 bridgehead atoms. The van der Waals surface area contributed by atoms with Crippen molar-refractivity contribution in [2.45, 2.75) is 18.8 Å². The van der Waals surface area contributed by atoms with Gasteiger partial charge >= 0.3 is 5.97 Å². The van der Waals surface area contributed by atoms with Crippen molar-refractivity contribution in [1.82, 2.24) is 0 Å². The van der Waals surface area contributed by atoms with Crippen LogP contribution in [0.1, 0.15) is 39.4 Å². The van der Waals surface area contributed by atoms with Crippen LogP contribution in [-0.2, 0) is 16.0 Å². The molecule has 29 heavy (non-hydrogen) atoms. The van der Waals surface area contributed by atoms with Crippen LogP contribution in [0.25, 0.3) is 0 Å². The fraction of sp³-hybridized carbons (Fsp3) is 0.364. The van der Waals surface area contributed by atoms with Gasteiger partial charge in [-0.25, -0.2) is 0 Å². The van der Waals surface area contributed by atoms with Crippen LogP contribution in [0.2, 0.25) is 0 Å². The summed E-state index contributed by atoms with van der Waals surface area (Å²) in [5, 5.41) is 0. The zero-order valence-corrected chi connectivity index (χ0v) is 17.2. The summed E-state index contributed by atoms with van der Waals surface area (Å²) in [6, 6.07) is 7.03. The number of ether oxygens (including phenoxy) is 5. The topological polar surface area (TPSA) is 80.3 Å². The van der Waals surface area contributed by atoms with Crippen molar-refractivity contribution in [3.05, 3.63) is 46.5 Å². The van der Waals surface area contributed by atoms with Gasteiger partial charge in [0.05, 0.1) is 42.0 Å². The van der Waals surface area contributed by atoms with E-state index in [2.05, 4.69) is 0 Å². The van der Waals surface area contributed by atoms with E-state index in [-0.39, 0.29) is 24.6 Å². The summed E-state index contributed by atoms with van der Waals surface area (Å²) in [4.78, 5) is 25.3. The van der Waals surface area contributed by atoms with E-state index in [4.69, 9.17) is 23.7 Å². The van der Waals surface area contributed by atoms with Crippen molar-refractivity contribution in [3.63, 3.8) is 0 Å². The minimum atomic E-state index is -0.418. The van der Waals surface area contributed by atoms with E-state index in [9.17, 15) is 9.59 Å². The predicted octanol–water partition coefficient (Wildman–Crippen LogP) is 3.15. The number of carbonyl (C=O) groups is 2. The number of fused-ring (bicyclic) bond motifs is 2. The van der Waals surface area contributed by atoms with E-state index in [1.54, 1.807) is 32.4 Å². The maximum atomic E-state index is 13.1. The molecule has 0 N–H and O–H groups in total. The summed E-state index contributed by atoms with van der Waals surface area (Å²) in [6.45, 7) is 0. The highest BCUT2D eigenvalue weighted by Crippen LogP contribution is 2.44. The molecule has 1 aliphatic carbocycles. The monoisotopic (exact) mass is 400 g/mol. The van der Waals surface area contributed by atoms with Crippen LogP contribution < -0.4 is 18.9 Å². The summed E-state index contributed by atoms with van der Waals surface area (Å²) in [5.74, 6) is 1.11. The Morgan fingerprint density at radius 3 is 1.90 bits per heavy atom. The van der Waals surface area contributed by atoms with Crippen molar-refractivity contribution < 1.29 is 33.3 Å². The van der Waals surface area contributed by atoms with Crippen LogP contribution in [0.3, 0.4) is 0 Å². The summed E-state index contributed by atoms with van der Waals surface area (Å²) >= 11 is 0. The number of rotatable bonds is 6. The third-order valence-corrected chi connectivity index (χ3v) is 5.20. The van der Waals surface area contributed by atoms with E-state index in [0.29, 0.717) is 34.1 Å². The minimum Gasteiger partial charge on any atom is -0.493 e. The van der Waals surface area contributed by atoms with Crippen LogP contribution in [-0.4, -0.2) is 47.3 Å². The quantitative estimate of drug-likeness (QED) is 0.689. The predicted molar refractivity (Wildman–Crippen MR) is 106 cm³/mol. The van der Waals surface area contributed by atoms with Gasteiger partial charge in [0.25, 0.3) is 0 Å². The Hall–Kier alpha value is -3.22. The molecule has 0 saturated heterocycles. The zero-order valence-electron chi connectivity index (χ0n) is 17.2. The molecule has 7 nitrogen and oxygen atoms in total. The fourth-order valence-corrected chi connectivity index (χ4v) is 3.74. The second-order valence-corrected chi connectivity index (χ2v) is 6.63.